The first kappa shape index (κ1) is 21.0. The number of hydrogen-bond donors (Lipinski definition) is 0. The lowest BCUT2D eigenvalue weighted by atomic mass is 10.2. The van der Waals surface area contributed by atoms with E-state index in [1.54, 1.807) is 49.1 Å². The molecular weight excluding hydrogens is 510 g/mol. The second-order valence-electron chi connectivity index (χ2n) is 6.18. The highest BCUT2D eigenvalue weighted by Crippen LogP contribution is 2.30. The standard InChI is InChI=1S/C20H15BrClN3O3S2/c1-27-13-6-7-14(15(9-13)28-2)25-16(10-21)23-18-17(19(25)26)30-20(29)24(18)12-5-3-4-11(22)8-12/h3-9H,10H2,1-2H3. The van der Waals surface area contributed by atoms with Gasteiger partial charge in [-0.15, -0.1) is 0 Å². The topological polar surface area (TPSA) is 58.3 Å². The maximum atomic E-state index is 13.5. The van der Waals surface area contributed by atoms with E-state index in [1.165, 1.54) is 15.9 Å². The van der Waals surface area contributed by atoms with Crippen LogP contribution in [0.2, 0.25) is 5.02 Å². The zero-order valence-electron chi connectivity index (χ0n) is 15.9. The Morgan fingerprint density at radius 1 is 1.17 bits per heavy atom. The van der Waals surface area contributed by atoms with Crippen LogP contribution in [0.25, 0.3) is 21.7 Å². The van der Waals surface area contributed by atoms with Gasteiger partial charge in [0.05, 0.1) is 30.9 Å². The maximum absolute atomic E-state index is 13.5. The van der Waals surface area contributed by atoms with E-state index >= 15 is 0 Å². The number of ether oxygens (including phenoxy) is 2. The Hall–Kier alpha value is -2.20. The number of thiazole rings is 1. The predicted molar refractivity (Wildman–Crippen MR) is 126 cm³/mol. The molecule has 2 aromatic heterocycles. The molecule has 0 radical (unpaired) electrons. The Bertz CT molecular complexity index is 1380. The van der Waals surface area contributed by atoms with Crippen LogP contribution in [0.15, 0.2) is 47.3 Å². The van der Waals surface area contributed by atoms with Gasteiger partial charge >= 0.3 is 0 Å². The lowest BCUT2D eigenvalue weighted by Gasteiger charge is -2.15. The SMILES string of the molecule is COc1ccc(-n2c(CBr)nc3c(sc(=S)n3-c3cccc(Cl)c3)c2=O)c(OC)c1. The minimum Gasteiger partial charge on any atom is -0.497 e. The molecule has 154 valence electrons. The fourth-order valence-corrected chi connectivity index (χ4v) is 5.02. The summed E-state index contributed by atoms with van der Waals surface area (Å²) in [5.74, 6) is 1.64. The van der Waals surface area contributed by atoms with E-state index in [0.717, 1.165) is 5.69 Å². The number of nitrogens with zero attached hydrogens (tertiary/aromatic N) is 3. The van der Waals surface area contributed by atoms with Gasteiger partial charge in [-0.3, -0.25) is 13.9 Å². The molecule has 6 nitrogen and oxygen atoms in total. The molecule has 4 aromatic rings. The molecule has 0 fully saturated rings. The fraction of sp³-hybridized carbons (Fsp3) is 0.150. The molecule has 4 rings (SSSR count). The molecule has 10 heteroatoms. The van der Waals surface area contributed by atoms with Gasteiger partial charge < -0.3 is 9.47 Å². The van der Waals surface area contributed by atoms with Crippen molar-refractivity contribution in [3.8, 4) is 22.9 Å². The van der Waals surface area contributed by atoms with Gasteiger partial charge in [-0.25, -0.2) is 4.98 Å². The Morgan fingerprint density at radius 2 is 1.97 bits per heavy atom. The van der Waals surface area contributed by atoms with Gasteiger partial charge in [0, 0.05) is 11.1 Å². The number of aromatic nitrogens is 3. The molecule has 0 saturated carbocycles. The van der Waals surface area contributed by atoms with Gasteiger partial charge in [0.1, 0.15) is 22.0 Å². The average Bonchev–Trinajstić information content (AvgIpc) is 3.09. The van der Waals surface area contributed by atoms with E-state index in [4.69, 9.17) is 38.3 Å². The molecule has 0 aliphatic carbocycles. The number of halogens is 2. The van der Waals surface area contributed by atoms with Crippen molar-refractivity contribution in [1.82, 2.24) is 14.1 Å². The first-order valence-electron chi connectivity index (χ1n) is 8.70. The van der Waals surface area contributed by atoms with E-state index in [9.17, 15) is 4.79 Å². The Labute approximate surface area is 194 Å². The average molecular weight is 525 g/mol. The molecule has 0 atom stereocenters. The van der Waals surface area contributed by atoms with Crippen LogP contribution in [0.1, 0.15) is 5.82 Å². The molecule has 30 heavy (non-hydrogen) atoms. The summed E-state index contributed by atoms with van der Waals surface area (Å²) in [5.41, 5.74) is 1.59. The molecule has 0 bridgehead atoms. The monoisotopic (exact) mass is 523 g/mol. The molecule has 0 aliphatic rings. The molecule has 0 N–H and O–H groups in total. The Morgan fingerprint density at radius 3 is 2.63 bits per heavy atom. The van der Waals surface area contributed by atoms with Crippen LogP contribution in [0, 0.1) is 3.95 Å². The van der Waals surface area contributed by atoms with Gasteiger partial charge in [-0.05, 0) is 42.5 Å². The quantitative estimate of drug-likeness (QED) is 0.254. The van der Waals surface area contributed by atoms with Crippen molar-refractivity contribution in [2.75, 3.05) is 14.2 Å². The number of alkyl halides is 1. The van der Waals surface area contributed by atoms with Crippen molar-refractivity contribution in [2.24, 2.45) is 0 Å². The van der Waals surface area contributed by atoms with Crippen molar-refractivity contribution >= 4 is 61.4 Å². The summed E-state index contributed by atoms with van der Waals surface area (Å²) in [5, 5.41) is 0.927. The van der Waals surface area contributed by atoms with Gasteiger partial charge in [-0.2, -0.15) is 0 Å². The zero-order valence-corrected chi connectivity index (χ0v) is 19.9. The van der Waals surface area contributed by atoms with Crippen molar-refractivity contribution in [3.05, 3.63) is 67.6 Å². The number of rotatable bonds is 5. The number of hydrogen-bond acceptors (Lipinski definition) is 6. The summed E-state index contributed by atoms with van der Waals surface area (Å²) in [4.78, 5) is 18.3. The Balaban J connectivity index is 2.05. The summed E-state index contributed by atoms with van der Waals surface area (Å²) >= 11 is 16.4. The lowest BCUT2D eigenvalue weighted by molar-refractivity contribution is 0.393. The summed E-state index contributed by atoms with van der Waals surface area (Å²) in [6.07, 6.45) is 0. The van der Waals surface area contributed by atoms with Crippen LogP contribution in [-0.4, -0.2) is 28.3 Å². The van der Waals surface area contributed by atoms with Crippen LogP contribution < -0.4 is 15.0 Å². The lowest BCUT2D eigenvalue weighted by Crippen LogP contribution is -2.23. The highest BCUT2D eigenvalue weighted by Gasteiger charge is 2.20. The van der Waals surface area contributed by atoms with Crippen LogP contribution in [-0.2, 0) is 5.33 Å². The number of methoxy groups -OCH3 is 2. The normalized spacial score (nSPS) is 11.1. The fourth-order valence-electron chi connectivity index (χ4n) is 3.15. The van der Waals surface area contributed by atoms with Crippen molar-refractivity contribution < 1.29 is 9.47 Å². The Kier molecular flexibility index (Phi) is 5.97. The number of fused-ring (bicyclic) bond motifs is 1. The third kappa shape index (κ3) is 3.56. The van der Waals surface area contributed by atoms with Gasteiger partial charge in [0.2, 0.25) is 0 Å². The summed E-state index contributed by atoms with van der Waals surface area (Å²) < 4.78 is 15.0. The largest absolute Gasteiger partial charge is 0.497 e. The molecule has 0 unspecified atom stereocenters. The van der Waals surface area contributed by atoms with E-state index in [1.807, 2.05) is 12.1 Å². The summed E-state index contributed by atoms with van der Waals surface area (Å²) in [7, 11) is 3.12. The minimum absolute atomic E-state index is 0.227. The highest BCUT2D eigenvalue weighted by atomic mass is 79.9. The predicted octanol–water partition coefficient (Wildman–Crippen LogP) is 5.53. The molecule has 2 heterocycles. The van der Waals surface area contributed by atoms with Gasteiger partial charge in [0.25, 0.3) is 5.56 Å². The zero-order chi connectivity index (χ0) is 21.4. The highest BCUT2D eigenvalue weighted by molar-refractivity contribution is 9.08. The van der Waals surface area contributed by atoms with Crippen LogP contribution in [0.3, 0.4) is 0 Å². The van der Waals surface area contributed by atoms with E-state index in [-0.39, 0.29) is 5.56 Å². The van der Waals surface area contributed by atoms with Gasteiger partial charge in [-0.1, -0.05) is 44.9 Å². The van der Waals surface area contributed by atoms with Crippen molar-refractivity contribution in [2.45, 2.75) is 5.33 Å². The van der Waals surface area contributed by atoms with Crippen molar-refractivity contribution in [3.63, 3.8) is 0 Å². The summed E-state index contributed by atoms with van der Waals surface area (Å²) in [6.45, 7) is 0. The second kappa shape index (κ2) is 8.50. The molecule has 0 saturated heterocycles. The third-order valence-electron chi connectivity index (χ3n) is 4.49. The van der Waals surface area contributed by atoms with Crippen LogP contribution in [0.4, 0.5) is 0 Å². The van der Waals surface area contributed by atoms with Gasteiger partial charge in [0.15, 0.2) is 9.60 Å². The summed E-state index contributed by atoms with van der Waals surface area (Å²) in [6, 6.07) is 12.5. The molecular formula is C20H15BrClN3O3S2. The molecule has 0 spiro atoms. The van der Waals surface area contributed by atoms with E-state index < -0.39 is 0 Å². The first-order chi connectivity index (χ1) is 14.5. The maximum Gasteiger partial charge on any atom is 0.277 e. The van der Waals surface area contributed by atoms with Crippen LogP contribution >= 0.6 is 51.1 Å². The number of benzene rings is 2. The van der Waals surface area contributed by atoms with E-state index in [0.29, 0.717) is 47.7 Å². The molecule has 0 amide bonds. The molecule has 2 aromatic carbocycles. The van der Waals surface area contributed by atoms with E-state index in [2.05, 4.69) is 15.9 Å². The van der Waals surface area contributed by atoms with Crippen molar-refractivity contribution in [1.29, 1.82) is 0 Å². The minimum atomic E-state index is -0.227. The molecule has 0 aliphatic heterocycles. The van der Waals surface area contributed by atoms with Crippen LogP contribution in [0.5, 0.6) is 11.5 Å². The smallest absolute Gasteiger partial charge is 0.277 e. The third-order valence-corrected chi connectivity index (χ3v) is 6.58. The second-order valence-corrected chi connectivity index (χ2v) is 8.82. The first-order valence-corrected chi connectivity index (χ1v) is 11.4.